The van der Waals surface area contributed by atoms with Crippen molar-refractivity contribution in [2.24, 2.45) is 0 Å². The molecule has 0 fully saturated rings. The van der Waals surface area contributed by atoms with Crippen LogP contribution in [0, 0.1) is 0 Å². The number of nitrogens with one attached hydrogen (secondary N) is 3. The molecule has 4 aromatic rings. The molecule has 2 heterocycles. The van der Waals surface area contributed by atoms with Gasteiger partial charge in [-0.25, -0.2) is 4.79 Å². The Morgan fingerprint density at radius 1 is 1.14 bits per heavy atom. The van der Waals surface area contributed by atoms with E-state index in [1.54, 1.807) is 18.2 Å². The molecule has 0 atom stereocenters. The fraction of sp³-hybridized carbons (Fsp3) is 0.143. The topological polar surface area (TPSA) is 105 Å². The van der Waals surface area contributed by atoms with Crippen molar-refractivity contribution < 1.29 is 9.53 Å². The number of anilines is 3. The van der Waals surface area contributed by atoms with E-state index in [0.29, 0.717) is 29.6 Å². The van der Waals surface area contributed by atoms with Gasteiger partial charge in [-0.15, -0.1) is 5.10 Å². The number of aromatic amines is 1. The van der Waals surface area contributed by atoms with Crippen LogP contribution in [0.1, 0.15) is 15.9 Å². The van der Waals surface area contributed by atoms with Crippen molar-refractivity contribution in [1.29, 1.82) is 0 Å². The van der Waals surface area contributed by atoms with E-state index in [0.717, 1.165) is 11.9 Å². The average Bonchev–Trinajstić information content (AvgIpc) is 3.17. The summed E-state index contributed by atoms with van der Waals surface area (Å²) in [5, 5.41) is 15.5. The van der Waals surface area contributed by atoms with Crippen molar-refractivity contribution in [3.8, 4) is 0 Å². The Labute approximate surface area is 167 Å². The van der Waals surface area contributed by atoms with Crippen LogP contribution in [0.4, 0.5) is 17.5 Å². The van der Waals surface area contributed by atoms with Crippen LogP contribution in [0.2, 0.25) is 0 Å². The normalized spacial score (nSPS) is 10.7. The number of H-pyrrole nitrogens is 1. The van der Waals surface area contributed by atoms with Crippen molar-refractivity contribution in [2.75, 3.05) is 24.3 Å². The van der Waals surface area contributed by atoms with Gasteiger partial charge in [0.15, 0.2) is 5.82 Å². The van der Waals surface area contributed by atoms with Gasteiger partial charge in [-0.1, -0.05) is 30.3 Å². The lowest BCUT2D eigenvalue weighted by atomic mass is 10.1. The maximum absolute atomic E-state index is 11.9. The number of hydrogen-bond acceptors (Lipinski definition) is 7. The summed E-state index contributed by atoms with van der Waals surface area (Å²) < 4.78 is 4.82. The van der Waals surface area contributed by atoms with Crippen LogP contribution in [0.5, 0.6) is 0 Å². The molecule has 0 unspecified atom stereocenters. The van der Waals surface area contributed by atoms with E-state index >= 15 is 0 Å². The van der Waals surface area contributed by atoms with Crippen molar-refractivity contribution >= 4 is 34.3 Å². The van der Waals surface area contributed by atoms with Crippen molar-refractivity contribution in [2.45, 2.75) is 6.42 Å². The first kappa shape index (κ1) is 18.4. The number of para-hydroxylation sites is 2. The summed E-state index contributed by atoms with van der Waals surface area (Å²) in [5.74, 6) is 0.462. The molecule has 8 nitrogen and oxygen atoms in total. The Bertz CT molecular complexity index is 1140. The second kappa shape index (κ2) is 8.39. The van der Waals surface area contributed by atoms with Gasteiger partial charge in [0.1, 0.15) is 0 Å². The van der Waals surface area contributed by atoms with E-state index in [-0.39, 0.29) is 0 Å². The number of carbonyl (C=O) groups excluding carboxylic acids is 1. The molecule has 0 saturated carbocycles. The number of nitrogens with zero attached hydrogens (tertiary/aromatic N) is 3. The number of rotatable bonds is 7. The molecule has 8 heteroatoms. The maximum atomic E-state index is 11.9. The Morgan fingerprint density at radius 3 is 2.86 bits per heavy atom. The molecule has 0 aliphatic rings. The number of benzene rings is 2. The summed E-state index contributed by atoms with van der Waals surface area (Å²) in [7, 11) is 1.35. The van der Waals surface area contributed by atoms with Crippen molar-refractivity contribution in [1.82, 2.24) is 20.2 Å². The number of fused-ring (bicyclic) bond motifs is 1. The standard InChI is InChI=1S/C21H20N6O2/c1-29-20(28)16-7-3-5-9-18(16)25-19-13-24-27-21(26-19)22-11-10-14-12-23-17-8-4-2-6-15(14)17/h2-9,12-13,23H,10-11H2,1H3,(H2,22,25,26,27). The lowest BCUT2D eigenvalue weighted by Gasteiger charge is -2.10. The second-order valence-electron chi connectivity index (χ2n) is 6.36. The maximum Gasteiger partial charge on any atom is 0.339 e. The first-order valence-electron chi connectivity index (χ1n) is 9.17. The monoisotopic (exact) mass is 388 g/mol. The predicted molar refractivity (Wildman–Crippen MR) is 111 cm³/mol. The van der Waals surface area contributed by atoms with Crippen LogP contribution in [0.25, 0.3) is 10.9 Å². The minimum absolute atomic E-state index is 0.408. The molecule has 0 bridgehead atoms. The summed E-state index contributed by atoms with van der Waals surface area (Å²) in [6.45, 7) is 0.658. The highest BCUT2D eigenvalue weighted by molar-refractivity contribution is 5.96. The molecular weight excluding hydrogens is 368 g/mol. The van der Waals surface area contributed by atoms with Crippen LogP contribution in [0.15, 0.2) is 60.9 Å². The lowest BCUT2D eigenvalue weighted by Crippen LogP contribution is -2.10. The molecular formula is C21H20N6O2. The quantitative estimate of drug-likeness (QED) is 0.416. The third-order valence-corrected chi connectivity index (χ3v) is 4.51. The minimum Gasteiger partial charge on any atom is -0.465 e. The summed E-state index contributed by atoms with van der Waals surface area (Å²) in [6.07, 6.45) is 4.34. The smallest absolute Gasteiger partial charge is 0.339 e. The first-order chi connectivity index (χ1) is 14.2. The largest absolute Gasteiger partial charge is 0.465 e. The molecule has 29 heavy (non-hydrogen) atoms. The fourth-order valence-corrected chi connectivity index (χ4v) is 3.10. The van der Waals surface area contributed by atoms with Crippen LogP contribution in [0.3, 0.4) is 0 Å². The van der Waals surface area contributed by atoms with E-state index in [4.69, 9.17) is 4.74 Å². The van der Waals surface area contributed by atoms with Gasteiger partial charge in [-0.3, -0.25) is 0 Å². The summed E-state index contributed by atoms with van der Waals surface area (Å²) >= 11 is 0. The molecule has 2 aromatic heterocycles. The number of ether oxygens (including phenoxy) is 1. The first-order valence-corrected chi connectivity index (χ1v) is 9.17. The SMILES string of the molecule is COC(=O)c1ccccc1Nc1cnnc(NCCc2c[nH]c3ccccc23)n1. The molecule has 2 aromatic carbocycles. The number of esters is 1. The van der Waals surface area contributed by atoms with Gasteiger partial charge >= 0.3 is 5.97 Å². The number of carbonyl (C=O) groups is 1. The summed E-state index contributed by atoms with van der Waals surface area (Å²) in [5.41, 5.74) is 3.35. The van der Waals surface area contributed by atoms with E-state index in [9.17, 15) is 4.79 Å². The molecule has 0 spiro atoms. The highest BCUT2D eigenvalue weighted by Gasteiger charge is 2.12. The molecule has 146 valence electrons. The van der Waals surface area contributed by atoms with Crippen LogP contribution < -0.4 is 10.6 Å². The zero-order valence-corrected chi connectivity index (χ0v) is 15.8. The van der Waals surface area contributed by atoms with E-state index in [2.05, 4.69) is 42.9 Å². The number of hydrogen-bond donors (Lipinski definition) is 3. The van der Waals surface area contributed by atoms with Crippen LogP contribution in [-0.4, -0.2) is 39.8 Å². The van der Waals surface area contributed by atoms with E-state index in [1.807, 2.05) is 24.4 Å². The Morgan fingerprint density at radius 2 is 1.97 bits per heavy atom. The van der Waals surface area contributed by atoms with Crippen LogP contribution in [-0.2, 0) is 11.2 Å². The Hall–Kier alpha value is -3.94. The van der Waals surface area contributed by atoms with Gasteiger partial charge in [-0.2, -0.15) is 10.1 Å². The van der Waals surface area contributed by atoms with Gasteiger partial charge in [0, 0.05) is 23.6 Å². The predicted octanol–water partition coefficient (Wildman–Crippen LogP) is 3.54. The third kappa shape index (κ3) is 4.16. The Kier molecular flexibility index (Phi) is 5.33. The van der Waals surface area contributed by atoms with Crippen LogP contribution >= 0.6 is 0 Å². The molecule has 3 N–H and O–H groups in total. The third-order valence-electron chi connectivity index (χ3n) is 4.51. The summed E-state index contributed by atoms with van der Waals surface area (Å²) in [6, 6.07) is 15.3. The summed E-state index contributed by atoms with van der Waals surface area (Å²) in [4.78, 5) is 19.6. The zero-order chi connectivity index (χ0) is 20.1. The van der Waals surface area contributed by atoms with E-state index in [1.165, 1.54) is 24.3 Å². The van der Waals surface area contributed by atoms with Gasteiger partial charge in [0.05, 0.1) is 24.6 Å². The van der Waals surface area contributed by atoms with Gasteiger partial charge in [0.2, 0.25) is 5.95 Å². The second-order valence-corrected chi connectivity index (χ2v) is 6.36. The molecule has 0 aliphatic heterocycles. The fourth-order valence-electron chi connectivity index (χ4n) is 3.10. The molecule has 0 amide bonds. The number of aromatic nitrogens is 4. The molecule has 0 saturated heterocycles. The number of methoxy groups -OCH3 is 1. The highest BCUT2D eigenvalue weighted by Crippen LogP contribution is 2.21. The lowest BCUT2D eigenvalue weighted by molar-refractivity contribution is 0.0602. The minimum atomic E-state index is -0.424. The van der Waals surface area contributed by atoms with E-state index < -0.39 is 5.97 Å². The van der Waals surface area contributed by atoms with Crippen molar-refractivity contribution in [3.05, 3.63) is 72.1 Å². The molecule has 0 aliphatic carbocycles. The van der Waals surface area contributed by atoms with Gasteiger partial charge in [-0.05, 0) is 30.2 Å². The molecule has 4 rings (SSSR count). The Balaban J connectivity index is 1.42. The zero-order valence-electron chi connectivity index (χ0n) is 15.8. The van der Waals surface area contributed by atoms with Gasteiger partial charge in [0.25, 0.3) is 0 Å². The highest BCUT2D eigenvalue weighted by atomic mass is 16.5. The average molecular weight is 388 g/mol. The molecule has 0 radical (unpaired) electrons. The van der Waals surface area contributed by atoms with Crippen molar-refractivity contribution in [3.63, 3.8) is 0 Å². The van der Waals surface area contributed by atoms with Gasteiger partial charge < -0.3 is 20.4 Å².